The normalized spacial score (nSPS) is 34.2. The maximum Gasteiger partial charge on any atom is 0.240 e. The Morgan fingerprint density at radius 3 is 2.97 bits per heavy atom. The van der Waals surface area contributed by atoms with Crippen molar-refractivity contribution in [2.24, 2.45) is 17.6 Å². The van der Waals surface area contributed by atoms with Crippen LogP contribution in [0.4, 0.5) is 5.69 Å². The van der Waals surface area contributed by atoms with Gasteiger partial charge in [0.2, 0.25) is 5.91 Å². The first-order valence-corrected chi connectivity index (χ1v) is 11.1. The number of nitrogens with one attached hydrogen (secondary N) is 5. The van der Waals surface area contributed by atoms with Crippen LogP contribution in [0.15, 0.2) is 36.5 Å². The SMILES string of the molecule is N[C@H]1CCCC[C@H]1NC1CC2CNNC(=O)C2C(Nc2ccc3cccnc3c2)N1. The van der Waals surface area contributed by atoms with Crippen molar-refractivity contribution in [3.8, 4) is 0 Å². The van der Waals surface area contributed by atoms with Crippen LogP contribution in [0.25, 0.3) is 10.9 Å². The molecule has 1 aliphatic carbocycles. The predicted octanol–water partition coefficient (Wildman–Crippen LogP) is 1.02. The highest BCUT2D eigenvalue weighted by Crippen LogP contribution is 2.30. The second kappa shape index (κ2) is 8.47. The summed E-state index contributed by atoms with van der Waals surface area (Å²) in [7, 11) is 0. The van der Waals surface area contributed by atoms with E-state index in [1.807, 2.05) is 18.2 Å². The number of rotatable bonds is 4. The first-order chi connectivity index (χ1) is 14.7. The zero-order valence-corrected chi connectivity index (χ0v) is 17.1. The number of hydrogen-bond acceptors (Lipinski definition) is 7. The average molecular weight is 410 g/mol. The van der Waals surface area contributed by atoms with Gasteiger partial charge in [0.05, 0.1) is 23.8 Å². The minimum absolute atomic E-state index is 0.0305. The maximum absolute atomic E-state index is 12.7. The van der Waals surface area contributed by atoms with E-state index in [1.54, 1.807) is 6.20 Å². The lowest BCUT2D eigenvalue weighted by Crippen LogP contribution is -2.69. The van der Waals surface area contributed by atoms with E-state index in [0.717, 1.165) is 42.4 Å². The largest absolute Gasteiger partial charge is 0.369 e. The van der Waals surface area contributed by atoms with Crippen LogP contribution in [-0.4, -0.2) is 41.9 Å². The highest BCUT2D eigenvalue weighted by Gasteiger charge is 2.44. The van der Waals surface area contributed by atoms with Crippen LogP contribution in [0, 0.1) is 11.8 Å². The van der Waals surface area contributed by atoms with Gasteiger partial charge in [0.15, 0.2) is 0 Å². The van der Waals surface area contributed by atoms with Gasteiger partial charge in [0, 0.05) is 35.9 Å². The quantitative estimate of drug-likeness (QED) is 0.447. The molecule has 3 aliphatic rings. The molecule has 6 atom stereocenters. The summed E-state index contributed by atoms with van der Waals surface area (Å²) in [5.74, 6) is 0.125. The molecule has 160 valence electrons. The summed E-state index contributed by atoms with van der Waals surface area (Å²) in [6, 6.07) is 10.7. The first-order valence-electron chi connectivity index (χ1n) is 11.1. The zero-order chi connectivity index (χ0) is 20.5. The molecule has 1 saturated carbocycles. The van der Waals surface area contributed by atoms with E-state index in [4.69, 9.17) is 5.73 Å². The minimum Gasteiger partial charge on any atom is -0.369 e. The van der Waals surface area contributed by atoms with Gasteiger partial charge < -0.3 is 11.1 Å². The number of hydrazine groups is 1. The Kier molecular flexibility index (Phi) is 5.56. The van der Waals surface area contributed by atoms with Gasteiger partial charge in [-0.2, -0.15) is 0 Å². The van der Waals surface area contributed by atoms with Crippen molar-refractivity contribution in [3.63, 3.8) is 0 Å². The van der Waals surface area contributed by atoms with Crippen LogP contribution in [0.1, 0.15) is 32.1 Å². The van der Waals surface area contributed by atoms with Crippen LogP contribution >= 0.6 is 0 Å². The number of carbonyl (C=O) groups is 1. The molecular weight excluding hydrogens is 378 g/mol. The molecule has 2 aromatic rings. The second-order valence-corrected chi connectivity index (χ2v) is 8.87. The highest BCUT2D eigenvalue weighted by atomic mass is 16.2. The number of fused-ring (bicyclic) bond motifs is 2. The standard InChI is InChI=1S/C22H31N7O/c23-16-5-1-2-6-17(16)27-19-10-14-12-25-29-22(30)20(14)21(28-19)26-15-8-7-13-4-3-9-24-18(13)11-15/h3-4,7-9,11,14,16-17,19-21,25-28H,1-2,5-6,10,12,23H2,(H,29,30)/t14?,16-,17+,19?,20?,21?/m0/s1. The summed E-state index contributed by atoms with van der Waals surface area (Å²) in [5, 5.41) is 12.1. The Morgan fingerprint density at radius 2 is 2.07 bits per heavy atom. The number of anilines is 1. The fourth-order valence-corrected chi connectivity index (χ4v) is 5.25. The number of amides is 1. The van der Waals surface area contributed by atoms with Gasteiger partial charge in [-0.1, -0.05) is 25.0 Å². The molecule has 2 saturated heterocycles. The van der Waals surface area contributed by atoms with Crippen LogP contribution in [0.3, 0.4) is 0 Å². The van der Waals surface area contributed by atoms with Gasteiger partial charge in [0.25, 0.3) is 0 Å². The smallest absolute Gasteiger partial charge is 0.240 e. The van der Waals surface area contributed by atoms with Crippen molar-refractivity contribution in [1.82, 2.24) is 26.5 Å². The summed E-state index contributed by atoms with van der Waals surface area (Å²) < 4.78 is 0. The Labute approximate surface area is 176 Å². The lowest BCUT2D eigenvalue weighted by Gasteiger charge is -2.46. The Balaban J connectivity index is 1.36. The summed E-state index contributed by atoms with van der Waals surface area (Å²) in [6.45, 7) is 0.768. The number of benzene rings is 1. The topological polar surface area (TPSA) is 116 Å². The summed E-state index contributed by atoms with van der Waals surface area (Å²) in [5.41, 5.74) is 14.1. The molecule has 3 heterocycles. The fraction of sp³-hybridized carbons (Fsp3) is 0.545. The van der Waals surface area contributed by atoms with Crippen molar-refractivity contribution >= 4 is 22.5 Å². The molecule has 7 N–H and O–H groups in total. The van der Waals surface area contributed by atoms with Gasteiger partial charge in [-0.25, -0.2) is 5.43 Å². The van der Waals surface area contributed by atoms with E-state index in [1.165, 1.54) is 12.8 Å². The highest BCUT2D eigenvalue weighted by molar-refractivity contribution is 5.83. The molecule has 2 aliphatic heterocycles. The van der Waals surface area contributed by atoms with Gasteiger partial charge in [-0.15, -0.1) is 0 Å². The molecular formula is C22H31N7O. The minimum atomic E-state index is -0.177. The van der Waals surface area contributed by atoms with Crippen molar-refractivity contribution < 1.29 is 4.79 Å². The number of pyridine rings is 1. The van der Waals surface area contributed by atoms with E-state index in [9.17, 15) is 4.79 Å². The average Bonchev–Trinajstić information content (AvgIpc) is 2.75. The van der Waals surface area contributed by atoms with E-state index >= 15 is 0 Å². The number of hydrogen-bond donors (Lipinski definition) is 6. The molecule has 5 rings (SSSR count). The van der Waals surface area contributed by atoms with Gasteiger partial charge in [-0.3, -0.25) is 25.8 Å². The third-order valence-corrected chi connectivity index (χ3v) is 6.83. The summed E-state index contributed by atoms with van der Waals surface area (Å²) in [6.07, 6.45) is 7.26. The number of nitrogens with two attached hydrogens (primary N) is 1. The molecule has 8 heteroatoms. The predicted molar refractivity (Wildman–Crippen MR) is 117 cm³/mol. The molecule has 30 heavy (non-hydrogen) atoms. The van der Waals surface area contributed by atoms with Gasteiger partial charge in [0.1, 0.15) is 0 Å². The van der Waals surface area contributed by atoms with E-state index in [2.05, 4.69) is 43.9 Å². The Morgan fingerprint density at radius 1 is 1.17 bits per heavy atom. The van der Waals surface area contributed by atoms with Crippen molar-refractivity contribution in [1.29, 1.82) is 0 Å². The molecule has 1 aromatic carbocycles. The molecule has 4 unspecified atom stereocenters. The lowest BCUT2D eigenvalue weighted by atomic mass is 9.80. The van der Waals surface area contributed by atoms with Gasteiger partial charge in [-0.05, 0) is 43.4 Å². The van der Waals surface area contributed by atoms with Crippen molar-refractivity contribution in [2.75, 3.05) is 11.9 Å². The van der Waals surface area contributed by atoms with E-state index < -0.39 is 0 Å². The number of aromatic nitrogens is 1. The molecule has 1 aromatic heterocycles. The summed E-state index contributed by atoms with van der Waals surface area (Å²) >= 11 is 0. The number of nitrogens with zero attached hydrogens (tertiary/aromatic N) is 1. The van der Waals surface area contributed by atoms with Gasteiger partial charge >= 0.3 is 0 Å². The van der Waals surface area contributed by atoms with Crippen molar-refractivity contribution in [3.05, 3.63) is 36.5 Å². The van der Waals surface area contributed by atoms with Crippen LogP contribution in [0.5, 0.6) is 0 Å². The Hall–Kier alpha value is -2.26. The number of carbonyl (C=O) groups excluding carboxylic acids is 1. The molecule has 3 fully saturated rings. The first kappa shape index (κ1) is 19.7. The summed E-state index contributed by atoms with van der Waals surface area (Å²) in [4.78, 5) is 17.1. The lowest BCUT2D eigenvalue weighted by molar-refractivity contribution is -0.133. The number of piperidine rings is 1. The van der Waals surface area contributed by atoms with Crippen LogP contribution in [-0.2, 0) is 4.79 Å². The Bertz CT molecular complexity index is 906. The maximum atomic E-state index is 12.7. The third kappa shape index (κ3) is 4.00. The fourth-order valence-electron chi connectivity index (χ4n) is 5.25. The molecule has 1 amide bonds. The van der Waals surface area contributed by atoms with Crippen molar-refractivity contribution in [2.45, 2.75) is 56.5 Å². The monoisotopic (exact) mass is 409 g/mol. The molecule has 0 spiro atoms. The molecule has 0 radical (unpaired) electrons. The molecule has 0 bridgehead atoms. The molecule has 8 nitrogen and oxygen atoms in total. The van der Waals surface area contributed by atoms with E-state index in [0.29, 0.717) is 6.04 Å². The third-order valence-electron chi connectivity index (χ3n) is 6.83. The van der Waals surface area contributed by atoms with Crippen LogP contribution in [0.2, 0.25) is 0 Å². The zero-order valence-electron chi connectivity index (χ0n) is 17.1. The van der Waals surface area contributed by atoms with Crippen LogP contribution < -0.4 is 32.5 Å². The second-order valence-electron chi connectivity index (χ2n) is 8.87. The van der Waals surface area contributed by atoms with E-state index in [-0.39, 0.29) is 36.1 Å².